The van der Waals surface area contributed by atoms with Crippen molar-refractivity contribution in [1.29, 1.82) is 0 Å². The van der Waals surface area contributed by atoms with E-state index in [-0.39, 0.29) is 5.91 Å². The second-order valence-electron chi connectivity index (χ2n) is 3.89. The molecule has 3 nitrogen and oxygen atoms in total. The fourth-order valence-electron chi connectivity index (χ4n) is 1.94. The zero-order valence-electron chi connectivity index (χ0n) is 8.38. The van der Waals surface area contributed by atoms with Crippen LogP contribution in [0, 0.1) is 11.8 Å². The molecular formula is C11H16N2O. The van der Waals surface area contributed by atoms with Crippen LogP contribution < -0.4 is 5.32 Å². The molecule has 0 bridgehead atoms. The van der Waals surface area contributed by atoms with Crippen LogP contribution in [0.5, 0.6) is 0 Å². The van der Waals surface area contributed by atoms with Crippen LogP contribution in [0.1, 0.15) is 25.7 Å². The highest BCUT2D eigenvalue weighted by atomic mass is 16.2. The Hall–Kier alpha value is -1.01. The van der Waals surface area contributed by atoms with E-state index in [0.717, 1.165) is 25.9 Å². The third kappa shape index (κ3) is 2.27. The van der Waals surface area contributed by atoms with Crippen LogP contribution in [0.15, 0.2) is 0 Å². The van der Waals surface area contributed by atoms with Crippen molar-refractivity contribution < 1.29 is 4.79 Å². The van der Waals surface area contributed by atoms with Crippen LogP contribution in [0.3, 0.4) is 0 Å². The van der Waals surface area contributed by atoms with Crippen molar-refractivity contribution in [3.05, 3.63) is 0 Å². The molecule has 0 radical (unpaired) electrons. The number of carbonyl (C=O) groups excluding carboxylic acids is 1. The molecule has 0 unspecified atom stereocenters. The van der Waals surface area contributed by atoms with Gasteiger partial charge in [-0.1, -0.05) is 11.8 Å². The van der Waals surface area contributed by atoms with Gasteiger partial charge in [0.2, 0.25) is 5.91 Å². The molecule has 0 aliphatic carbocycles. The van der Waals surface area contributed by atoms with Gasteiger partial charge in [-0.05, 0) is 25.8 Å². The van der Waals surface area contributed by atoms with Crippen molar-refractivity contribution >= 4 is 5.91 Å². The van der Waals surface area contributed by atoms with E-state index < -0.39 is 0 Å². The van der Waals surface area contributed by atoms with Crippen molar-refractivity contribution in [3.8, 4) is 11.8 Å². The van der Waals surface area contributed by atoms with Gasteiger partial charge in [-0.25, -0.2) is 0 Å². The van der Waals surface area contributed by atoms with Crippen LogP contribution in [0.2, 0.25) is 0 Å². The van der Waals surface area contributed by atoms with Crippen molar-refractivity contribution in [3.63, 3.8) is 0 Å². The van der Waals surface area contributed by atoms with Gasteiger partial charge in [0, 0.05) is 13.0 Å². The molecule has 0 spiro atoms. The van der Waals surface area contributed by atoms with Gasteiger partial charge in [-0.15, -0.1) is 0 Å². The summed E-state index contributed by atoms with van der Waals surface area (Å²) in [7, 11) is 0. The number of rotatable bonds is 1. The average molecular weight is 192 g/mol. The molecule has 1 N–H and O–H groups in total. The molecule has 2 aliphatic rings. The standard InChI is InChI=1S/C11H16N2O/c14-11-6-3-9-13(11)8-2-5-10-4-1-7-12-10/h10,12H,1,3-4,6-9H2/t10-/m0/s1. The Bertz CT molecular complexity index is 271. The van der Waals surface area contributed by atoms with Crippen LogP contribution >= 0.6 is 0 Å². The van der Waals surface area contributed by atoms with Crippen LogP contribution in [0.4, 0.5) is 0 Å². The third-order valence-electron chi connectivity index (χ3n) is 2.78. The second kappa shape index (κ2) is 4.47. The number of nitrogens with one attached hydrogen (secondary N) is 1. The fraction of sp³-hybridized carbons (Fsp3) is 0.727. The molecule has 2 rings (SSSR count). The maximum absolute atomic E-state index is 11.2. The van der Waals surface area contributed by atoms with Crippen LogP contribution in [0.25, 0.3) is 0 Å². The SMILES string of the molecule is O=C1CCCN1CC#C[C@@H]1CCCN1. The number of carbonyl (C=O) groups is 1. The first kappa shape index (κ1) is 9.54. The molecule has 0 saturated carbocycles. The monoisotopic (exact) mass is 192 g/mol. The first-order valence-corrected chi connectivity index (χ1v) is 5.36. The van der Waals surface area contributed by atoms with Gasteiger partial charge in [0.25, 0.3) is 0 Å². The Morgan fingerprint density at radius 1 is 1.50 bits per heavy atom. The molecule has 3 heteroatoms. The predicted octanol–water partition coefficient (Wildman–Crippen LogP) is 0.364. The number of amides is 1. The van der Waals surface area contributed by atoms with Gasteiger partial charge >= 0.3 is 0 Å². The smallest absolute Gasteiger partial charge is 0.223 e. The Labute approximate surface area is 84.8 Å². The largest absolute Gasteiger partial charge is 0.332 e. The lowest BCUT2D eigenvalue weighted by Gasteiger charge is -2.10. The Kier molecular flexibility index (Phi) is 3.05. The topological polar surface area (TPSA) is 32.3 Å². The van der Waals surface area contributed by atoms with Gasteiger partial charge < -0.3 is 10.2 Å². The number of hydrogen-bond acceptors (Lipinski definition) is 2. The van der Waals surface area contributed by atoms with E-state index in [9.17, 15) is 4.79 Å². The highest BCUT2D eigenvalue weighted by Gasteiger charge is 2.18. The van der Waals surface area contributed by atoms with E-state index in [2.05, 4.69) is 17.2 Å². The fourth-order valence-corrected chi connectivity index (χ4v) is 1.94. The van der Waals surface area contributed by atoms with E-state index in [1.807, 2.05) is 4.90 Å². The highest BCUT2D eigenvalue weighted by molar-refractivity contribution is 5.78. The summed E-state index contributed by atoms with van der Waals surface area (Å²) in [6, 6.07) is 0.368. The molecule has 2 aliphatic heterocycles. The highest BCUT2D eigenvalue weighted by Crippen LogP contribution is 2.08. The average Bonchev–Trinajstić information content (AvgIpc) is 2.78. The van der Waals surface area contributed by atoms with Crippen molar-refractivity contribution in [2.24, 2.45) is 0 Å². The quantitative estimate of drug-likeness (QED) is 0.609. The zero-order chi connectivity index (χ0) is 9.80. The summed E-state index contributed by atoms with van der Waals surface area (Å²) >= 11 is 0. The first-order chi connectivity index (χ1) is 6.86. The summed E-state index contributed by atoms with van der Waals surface area (Å²) < 4.78 is 0. The Balaban J connectivity index is 1.77. The van der Waals surface area contributed by atoms with E-state index >= 15 is 0 Å². The lowest BCUT2D eigenvalue weighted by atomic mass is 10.2. The van der Waals surface area contributed by atoms with Gasteiger partial charge in [0.05, 0.1) is 12.6 Å². The minimum atomic E-state index is 0.263. The molecule has 2 fully saturated rings. The molecule has 1 atom stereocenters. The molecule has 2 saturated heterocycles. The summed E-state index contributed by atoms with van der Waals surface area (Å²) in [5.41, 5.74) is 0. The van der Waals surface area contributed by atoms with Gasteiger partial charge in [-0.2, -0.15) is 0 Å². The van der Waals surface area contributed by atoms with Gasteiger partial charge in [-0.3, -0.25) is 4.79 Å². The maximum atomic E-state index is 11.2. The first-order valence-electron chi connectivity index (χ1n) is 5.36. The lowest BCUT2D eigenvalue weighted by molar-refractivity contribution is -0.127. The lowest BCUT2D eigenvalue weighted by Crippen LogP contribution is -2.25. The minimum absolute atomic E-state index is 0.263. The Morgan fingerprint density at radius 3 is 3.07 bits per heavy atom. The number of likely N-dealkylation sites (tertiary alicyclic amines) is 1. The maximum Gasteiger partial charge on any atom is 0.223 e. The van der Waals surface area contributed by atoms with Crippen molar-refractivity contribution in [2.75, 3.05) is 19.6 Å². The van der Waals surface area contributed by atoms with E-state index in [1.165, 1.54) is 6.42 Å². The van der Waals surface area contributed by atoms with E-state index in [4.69, 9.17) is 0 Å². The van der Waals surface area contributed by atoms with Gasteiger partial charge in [0.1, 0.15) is 0 Å². The van der Waals surface area contributed by atoms with E-state index in [1.54, 1.807) is 0 Å². The van der Waals surface area contributed by atoms with Crippen LogP contribution in [-0.2, 0) is 4.79 Å². The predicted molar refractivity (Wildman–Crippen MR) is 54.6 cm³/mol. The second-order valence-corrected chi connectivity index (χ2v) is 3.89. The van der Waals surface area contributed by atoms with Crippen molar-refractivity contribution in [2.45, 2.75) is 31.7 Å². The zero-order valence-corrected chi connectivity index (χ0v) is 8.38. The third-order valence-corrected chi connectivity index (χ3v) is 2.78. The summed E-state index contributed by atoms with van der Waals surface area (Å²) in [6.07, 6.45) is 4.09. The molecule has 14 heavy (non-hydrogen) atoms. The molecule has 0 aromatic heterocycles. The van der Waals surface area contributed by atoms with E-state index in [0.29, 0.717) is 19.0 Å². The molecule has 0 aromatic rings. The van der Waals surface area contributed by atoms with Crippen molar-refractivity contribution in [1.82, 2.24) is 10.2 Å². The molecular weight excluding hydrogens is 176 g/mol. The van der Waals surface area contributed by atoms with Gasteiger partial charge in [0.15, 0.2) is 0 Å². The summed E-state index contributed by atoms with van der Waals surface area (Å²) in [4.78, 5) is 13.1. The normalized spacial score (nSPS) is 26.4. The molecule has 2 heterocycles. The summed E-state index contributed by atoms with van der Waals surface area (Å²) in [6.45, 7) is 2.60. The molecule has 1 amide bonds. The minimum Gasteiger partial charge on any atom is -0.332 e. The summed E-state index contributed by atoms with van der Waals surface area (Å²) in [5.74, 6) is 6.53. The molecule has 76 valence electrons. The number of hydrogen-bond donors (Lipinski definition) is 1. The Morgan fingerprint density at radius 2 is 2.43 bits per heavy atom. The number of nitrogens with zero attached hydrogens (tertiary/aromatic N) is 1. The van der Waals surface area contributed by atoms with Crippen LogP contribution in [-0.4, -0.2) is 36.5 Å². The molecule has 0 aromatic carbocycles. The summed E-state index contributed by atoms with van der Waals surface area (Å²) in [5, 5.41) is 3.32.